The summed E-state index contributed by atoms with van der Waals surface area (Å²) in [5.41, 5.74) is 2.94. The van der Waals surface area contributed by atoms with Gasteiger partial charge in [0.05, 0.1) is 0 Å². The molecule has 2 nitrogen and oxygen atoms in total. The van der Waals surface area contributed by atoms with E-state index in [1.807, 2.05) is 61.5 Å². The first-order chi connectivity index (χ1) is 12.6. The third-order valence-corrected chi connectivity index (χ3v) is 4.37. The van der Waals surface area contributed by atoms with E-state index >= 15 is 0 Å². The second-order valence-electron chi connectivity index (χ2n) is 6.28. The van der Waals surface area contributed by atoms with Crippen LogP contribution < -0.4 is 10.1 Å². The molecular formula is C22H22F2NO+. The zero-order valence-electron chi connectivity index (χ0n) is 14.7. The summed E-state index contributed by atoms with van der Waals surface area (Å²) in [4.78, 5) is 0. The van der Waals surface area contributed by atoms with E-state index in [1.165, 1.54) is 12.1 Å². The largest absolute Gasteiger partial charge is 0.488 e. The van der Waals surface area contributed by atoms with Crippen LogP contribution in [0.15, 0.2) is 72.8 Å². The number of hydrogen-bond acceptors (Lipinski definition) is 1. The summed E-state index contributed by atoms with van der Waals surface area (Å²) in [5, 5.41) is 2.08. The zero-order valence-corrected chi connectivity index (χ0v) is 14.7. The van der Waals surface area contributed by atoms with Crippen molar-refractivity contribution in [2.24, 2.45) is 0 Å². The van der Waals surface area contributed by atoms with Crippen LogP contribution in [0.3, 0.4) is 0 Å². The predicted molar refractivity (Wildman–Crippen MR) is 97.6 cm³/mol. The maximum atomic E-state index is 13.4. The molecule has 26 heavy (non-hydrogen) atoms. The smallest absolute Gasteiger partial charge is 0.159 e. The van der Waals surface area contributed by atoms with Gasteiger partial charge >= 0.3 is 0 Å². The van der Waals surface area contributed by atoms with Crippen LogP contribution in [-0.2, 0) is 13.2 Å². The van der Waals surface area contributed by atoms with Gasteiger partial charge in [0.25, 0.3) is 0 Å². The highest BCUT2D eigenvalue weighted by Gasteiger charge is 2.13. The Morgan fingerprint density at radius 1 is 0.885 bits per heavy atom. The fourth-order valence-electron chi connectivity index (χ4n) is 2.78. The minimum absolute atomic E-state index is 0.00674. The Balaban J connectivity index is 1.63. The lowest BCUT2D eigenvalue weighted by Crippen LogP contribution is -2.83. The van der Waals surface area contributed by atoms with Crippen molar-refractivity contribution in [3.05, 3.63) is 101 Å². The summed E-state index contributed by atoms with van der Waals surface area (Å²) < 4.78 is 32.5. The fraction of sp³-hybridized carbons (Fsp3) is 0.182. The Labute approximate surface area is 152 Å². The number of rotatable bonds is 7. The van der Waals surface area contributed by atoms with E-state index in [4.69, 9.17) is 4.74 Å². The third-order valence-electron chi connectivity index (χ3n) is 4.37. The Hall–Kier alpha value is -2.72. The van der Waals surface area contributed by atoms with Crippen LogP contribution in [0.25, 0.3) is 0 Å². The van der Waals surface area contributed by atoms with Crippen LogP contribution in [0.1, 0.15) is 29.7 Å². The van der Waals surface area contributed by atoms with Crippen molar-refractivity contribution in [2.75, 3.05) is 0 Å². The maximum Gasteiger partial charge on any atom is 0.159 e. The first-order valence-electron chi connectivity index (χ1n) is 8.66. The number of halogens is 2. The molecule has 1 atom stereocenters. The fourth-order valence-corrected chi connectivity index (χ4v) is 2.78. The number of hydrogen-bond donors (Lipinski definition) is 1. The van der Waals surface area contributed by atoms with Gasteiger partial charge in [0.2, 0.25) is 0 Å². The van der Waals surface area contributed by atoms with Crippen molar-refractivity contribution in [3.63, 3.8) is 0 Å². The summed E-state index contributed by atoms with van der Waals surface area (Å²) in [7, 11) is 0. The Kier molecular flexibility index (Phi) is 5.97. The van der Waals surface area contributed by atoms with Gasteiger partial charge in [0.1, 0.15) is 24.9 Å². The number of nitrogens with two attached hydrogens (primary N) is 1. The molecule has 0 heterocycles. The molecule has 0 aliphatic heterocycles. The van der Waals surface area contributed by atoms with Gasteiger partial charge in [-0.15, -0.1) is 0 Å². The standard InChI is InChI=1S/C22H21F2NO/c1-16(18-11-12-20(23)21(24)13-18)25-14-19-9-5-6-10-22(19)26-15-17-7-3-2-4-8-17/h2-13,16,25H,14-15H2,1H3/p+1/t16-/m0/s1. The molecule has 0 saturated carbocycles. The van der Waals surface area contributed by atoms with Crippen LogP contribution in [0, 0.1) is 11.6 Å². The molecule has 0 aliphatic rings. The van der Waals surface area contributed by atoms with Crippen molar-refractivity contribution < 1.29 is 18.8 Å². The van der Waals surface area contributed by atoms with Gasteiger partial charge in [-0.1, -0.05) is 42.5 Å². The van der Waals surface area contributed by atoms with E-state index in [2.05, 4.69) is 5.32 Å². The van der Waals surface area contributed by atoms with E-state index in [0.717, 1.165) is 22.4 Å². The molecule has 0 amide bonds. The molecule has 0 unspecified atom stereocenters. The molecule has 4 heteroatoms. The normalized spacial score (nSPS) is 12.0. The monoisotopic (exact) mass is 354 g/mol. The highest BCUT2D eigenvalue weighted by atomic mass is 19.2. The molecule has 0 bridgehead atoms. The quantitative estimate of drug-likeness (QED) is 0.670. The molecule has 2 N–H and O–H groups in total. The predicted octanol–water partition coefficient (Wildman–Crippen LogP) is 4.37. The summed E-state index contributed by atoms with van der Waals surface area (Å²) in [6, 6.07) is 22.0. The summed E-state index contributed by atoms with van der Waals surface area (Å²) >= 11 is 0. The van der Waals surface area contributed by atoms with Crippen molar-refractivity contribution in [3.8, 4) is 5.75 Å². The first kappa shape index (κ1) is 18.1. The Morgan fingerprint density at radius 2 is 1.62 bits per heavy atom. The highest BCUT2D eigenvalue weighted by Crippen LogP contribution is 2.19. The van der Waals surface area contributed by atoms with E-state index in [9.17, 15) is 8.78 Å². The van der Waals surface area contributed by atoms with Crippen LogP contribution in [0.5, 0.6) is 5.75 Å². The summed E-state index contributed by atoms with van der Waals surface area (Å²) in [6.45, 7) is 3.17. The molecular weight excluding hydrogens is 332 g/mol. The Morgan fingerprint density at radius 3 is 2.38 bits per heavy atom. The average Bonchev–Trinajstić information content (AvgIpc) is 2.68. The number of para-hydroxylation sites is 1. The maximum absolute atomic E-state index is 13.4. The van der Waals surface area contributed by atoms with E-state index in [1.54, 1.807) is 6.07 Å². The highest BCUT2D eigenvalue weighted by molar-refractivity contribution is 5.33. The van der Waals surface area contributed by atoms with Gasteiger partial charge in [-0.2, -0.15) is 0 Å². The number of quaternary nitrogens is 1. The molecule has 3 rings (SSSR count). The third kappa shape index (κ3) is 4.67. The molecule has 0 aromatic heterocycles. The SMILES string of the molecule is C[C@H]([NH2+]Cc1ccccc1OCc1ccccc1)c1ccc(F)c(F)c1. The van der Waals surface area contributed by atoms with Gasteiger partial charge in [-0.25, -0.2) is 8.78 Å². The van der Waals surface area contributed by atoms with Crippen LogP contribution in [-0.4, -0.2) is 0 Å². The van der Waals surface area contributed by atoms with Crippen molar-refractivity contribution in [1.29, 1.82) is 0 Å². The zero-order chi connectivity index (χ0) is 18.4. The molecule has 0 fully saturated rings. The van der Waals surface area contributed by atoms with Crippen LogP contribution >= 0.6 is 0 Å². The van der Waals surface area contributed by atoms with Gasteiger partial charge in [-0.3, -0.25) is 0 Å². The number of ether oxygens (including phenoxy) is 1. The second kappa shape index (κ2) is 8.59. The van der Waals surface area contributed by atoms with Gasteiger partial charge < -0.3 is 10.1 Å². The molecule has 134 valence electrons. The minimum Gasteiger partial charge on any atom is -0.488 e. The van der Waals surface area contributed by atoms with Gasteiger partial charge in [0, 0.05) is 11.1 Å². The lowest BCUT2D eigenvalue weighted by molar-refractivity contribution is -0.708. The van der Waals surface area contributed by atoms with Crippen LogP contribution in [0.4, 0.5) is 8.78 Å². The van der Waals surface area contributed by atoms with E-state index in [0.29, 0.717) is 13.2 Å². The van der Waals surface area contributed by atoms with Crippen molar-refractivity contribution in [1.82, 2.24) is 0 Å². The van der Waals surface area contributed by atoms with Crippen molar-refractivity contribution in [2.45, 2.75) is 26.1 Å². The first-order valence-corrected chi connectivity index (χ1v) is 8.66. The summed E-state index contributed by atoms with van der Waals surface area (Å²) in [6.07, 6.45) is 0. The second-order valence-corrected chi connectivity index (χ2v) is 6.28. The molecule has 0 aliphatic carbocycles. The molecule has 3 aromatic carbocycles. The molecule has 3 aromatic rings. The molecule has 0 spiro atoms. The average molecular weight is 354 g/mol. The van der Waals surface area contributed by atoms with Gasteiger partial charge in [-0.05, 0) is 42.8 Å². The van der Waals surface area contributed by atoms with Gasteiger partial charge in [0.15, 0.2) is 11.6 Å². The lowest BCUT2D eigenvalue weighted by atomic mass is 10.1. The van der Waals surface area contributed by atoms with Crippen LogP contribution in [0.2, 0.25) is 0 Å². The number of benzene rings is 3. The van der Waals surface area contributed by atoms with E-state index < -0.39 is 11.6 Å². The topological polar surface area (TPSA) is 25.8 Å². The molecule has 0 radical (unpaired) electrons. The Bertz CT molecular complexity index is 852. The minimum atomic E-state index is -0.819. The van der Waals surface area contributed by atoms with Crippen molar-refractivity contribution >= 4 is 0 Å². The van der Waals surface area contributed by atoms with E-state index in [-0.39, 0.29) is 6.04 Å². The summed E-state index contributed by atoms with van der Waals surface area (Å²) in [5.74, 6) is -0.792. The lowest BCUT2D eigenvalue weighted by Gasteiger charge is -2.14. The molecule has 0 saturated heterocycles.